The van der Waals surface area contributed by atoms with Crippen molar-refractivity contribution in [3.63, 3.8) is 0 Å². The van der Waals surface area contributed by atoms with E-state index in [9.17, 15) is 0 Å². The fraction of sp³-hybridized carbons (Fsp3) is 1.00. The Balaban J connectivity index is 2.93. The smallest absolute Gasteiger partial charge is 0.161 e. The highest BCUT2D eigenvalue weighted by atomic mass is 16.7. The minimum Gasteiger partial charge on any atom is -0.349 e. The zero-order valence-electron chi connectivity index (χ0n) is 16.5. The molecule has 132 valence electrons. The molecule has 2 nitrogen and oxygen atoms in total. The Labute approximate surface area is 139 Å². The van der Waals surface area contributed by atoms with E-state index >= 15 is 0 Å². The van der Waals surface area contributed by atoms with Gasteiger partial charge in [-0.25, -0.2) is 0 Å². The lowest BCUT2D eigenvalue weighted by atomic mass is 9.62. The molecule has 1 heterocycles. The summed E-state index contributed by atoms with van der Waals surface area (Å²) >= 11 is 0. The van der Waals surface area contributed by atoms with Crippen molar-refractivity contribution < 1.29 is 9.47 Å². The van der Waals surface area contributed by atoms with Crippen molar-refractivity contribution >= 4 is 0 Å². The third-order valence-electron chi connectivity index (χ3n) is 7.00. The van der Waals surface area contributed by atoms with Crippen LogP contribution in [0.1, 0.15) is 88.0 Å². The first kappa shape index (κ1) is 20.0. The lowest BCUT2D eigenvalue weighted by Crippen LogP contribution is -2.53. The van der Waals surface area contributed by atoms with Crippen LogP contribution < -0.4 is 0 Å². The summed E-state index contributed by atoms with van der Waals surface area (Å²) in [6.07, 6.45) is 4.69. The van der Waals surface area contributed by atoms with E-state index in [1.165, 1.54) is 12.8 Å². The van der Waals surface area contributed by atoms with Crippen LogP contribution in [0.15, 0.2) is 0 Å². The Hall–Kier alpha value is -0.0800. The Morgan fingerprint density at radius 2 is 1.32 bits per heavy atom. The van der Waals surface area contributed by atoms with Crippen molar-refractivity contribution in [3.05, 3.63) is 0 Å². The summed E-state index contributed by atoms with van der Waals surface area (Å²) in [6.45, 7) is 20.7. The molecule has 0 aromatic heterocycles. The molecule has 0 spiro atoms. The van der Waals surface area contributed by atoms with Gasteiger partial charge in [0.1, 0.15) is 0 Å². The van der Waals surface area contributed by atoms with E-state index in [2.05, 4.69) is 62.3 Å². The predicted octanol–water partition coefficient (Wildman–Crippen LogP) is 6.04. The topological polar surface area (TPSA) is 18.5 Å². The number of rotatable bonds is 7. The van der Waals surface area contributed by atoms with Crippen molar-refractivity contribution in [3.8, 4) is 0 Å². The molecule has 1 saturated heterocycles. The fourth-order valence-electron chi connectivity index (χ4n) is 4.18. The highest BCUT2D eigenvalue weighted by Gasteiger charge is 2.48. The fourth-order valence-corrected chi connectivity index (χ4v) is 4.18. The Morgan fingerprint density at radius 1 is 0.818 bits per heavy atom. The van der Waals surface area contributed by atoms with Crippen LogP contribution in [0.2, 0.25) is 0 Å². The summed E-state index contributed by atoms with van der Waals surface area (Å²) in [4.78, 5) is 0. The maximum atomic E-state index is 6.44. The van der Waals surface area contributed by atoms with Crippen LogP contribution in [-0.4, -0.2) is 18.0 Å². The van der Waals surface area contributed by atoms with Crippen LogP contribution in [0.3, 0.4) is 0 Å². The van der Waals surface area contributed by atoms with Gasteiger partial charge in [-0.15, -0.1) is 0 Å². The van der Waals surface area contributed by atoms with E-state index in [1.54, 1.807) is 0 Å². The van der Waals surface area contributed by atoms with Crippen LogP contribution in [-0.2, 0) is 9.47 Å². The van der Waals surface area contributed by atoms with Gasteiger partial charge in [-0.2, -0.15) is 0 Å². The van der Waals surface area contributed by atoms with Gasteiger partial charge in [0.15, 0.2) is 6.29 Å². The molecule has 0 aromatic rings. The average molecular weight is 313 g/mol. The van der Waals surface area contributed by atoms with Crippen molar-refractivity contribution in [2.75, 3.05) is 0 Å². The summed E-state index contributed by atoms with van der Waals surface area (Å²) in [7, 11) is 0. The lowest BCUT2D eigenvalue weighted by Gasteiger charge is -2.52. The van der Waals surface area contributed by atoms with Gasteiger partial charge in [0, 0.05) is 5.92 Å². The summed E-state index contributed by atoms with van der Waals surface area (Å²) in [5.41, 5.74) is 0.293. The first-order valence-electron chi connectivity index (χ1n) is 9.51. The van der Waals surface area contributed by atoms with Gasteiger partial charge >= 0.3 is 0 Å². The molecule has 1 aliphatic heterocycles. The maximum absolute atomic E-state index is 6.44. The second kappa shape index (κ2) is 7.66. The van der Waals surface area contributed by atoms with E-state index in [0.29, 0.717) is 23.2 Å². The van der Waals surface area contributed by atoms with Crippen molar-refractivity contribution in [2.45, 2.75) is 106 Å². The third kappa shape index (κ3) is 3.87. The van der Waals surface area contributed by atoms with Crippen molar-refractivity contribution in [1.29, 1.82) is 0 Å². The predicted molar refractivity (Wildman–Crippen MR) is 94.9 cm³/mol. The molecule has 0 aliphatic carbocycles. The highest BCUT2D eigenvalue weighted by Crippen LogP contribution is 2.49. The molecule has 0 saturated carbocycles. The van der Waals surface area contributed by atoms with Gasteiger partial charge in [0.25, 0.3) is 0 Å². The van der Waals surface area contributed by atoms with E-state index in [1.807, 2.05) is 0 Å². The number of ether oxygens (including phenoxy) is 2. The molecule has 0 radical (unpaired) electrons. The second-order valence-corrected chi connectivity index (χ2v) is 8.09. The van der Waals surface area contributed by atoms with Crippen LogP contribution in [0.25, 0.3) is 0 Å². The van der Waals surface area contributed by atoms with Gasteiger partial charge in [0.05, 0.1) is 11.7 Å². The Morgan fingerprint density at radius 3 is 1.73 bits per heavy atom. The van der Waals surface area contributed by atoms with E-state index in [4.69, 9.17) is 9.47 Å². The summed E-state index contributed by atoms with van der Waals surface area (Å²) in [5, 5.41) is 0. The molecule has 0 N–H and O–H groups in total. The van der Waals surface area contributed by atoms with E-state index in [-0.39, 0.29) is 18.0 Å². The maximum Gasteiger partial charge on any atom is 0.161 e. The molecule has 22 heavy (non-hydrogen) atoms. The lowest BCUT2D eigenvalue weighted by molar-refractivity contribution is -0.294. The molecular weight excluding hydrogens is 272 g/mol. The zero-order valence-corrected chi connectivity index (χ0v) is 16.5. The van der Waals surface area contributed by atoms with Crippen LogP contribution in [0, 0.1) is 23.2 Å². The quantitative estimate of drug-likeness (QED) is 0.570. The second-order valence-electron chi connectivity index (χ2n) is 8.09. The molecule has 1 rings (SSSR count). The first-order chi connectivity index (χ1) is 10.2. The molecule has 1 aliphatic rings. The molecular formula is C20H40O2. The Bertz CT molecular complexity index is 329. The normalized spacial score (nSPS) is 34.0. The summed E-state index contributed by atoms with van der Waals surface area (Å²) in [5.74, 6) is 1.67. The standard InChI is InChI=1S/C20H40O2/c1-10-19(8,11-2)17-14(5)15(6)18(21-16(17)7)22-20(9,12-3)13-4/h14-18H,10-13H2,1-9H3. The van der Waals surface area contributed by atoms with Crippen molar-refractivity contribution in [2.24, 2.45) is 23.2 Å². The molecule has 0 amide bonds. The molecule has 5 unspecified atom stereocenters. The molecule has 1 fully saturated rings. The van der Waals surface area contributed by atoms with Gasteiger partial charge in [0.2, 0.25) is 0 Å². The molecule has 2 heteroatoms. The molecule has 0 aromatic carbocycles. The van der Waals surface area contributed by atoms with Crippen LogP contribution in [0.5, 0.6) is 0 Å². The molecule has 5 atom stereocenters. The Kier molecular flexibility index (Phi) is 6.95. The largest absolute Gasteiger partial charge is 0.349 e. The first-order valence-corrected chi connectivity index (χ1v) is 9.51. The minimum atomic E-state index is -0.0656. The van der Waals surface area contributed by atoms with Crippen molar-refractivity contribution in [1.82, 2.24) is 0 Å². The van der Waals surface area contributed by atoms with E-state index < -0.39 is 0 Å². The minimum absolute atomic E-state index is 0.0655. The summed E-state index contributed by atoms with van der Waals surface area (Å²) < 4.78 is 12.8. The molecule has 0 bridgehead atoms. The highest BCUT2D eigenvalue weighted by molar-refractivity contribution is 4.93. The zero-order chi connectivity index (χ0) is 17.1. The average Bonchev–Trinajstić information content (AvgIpc) is 2.51. The number of hydrogen-bond donors (Lipinski definition) is 0. The van der Waals surface area contributed by atoms with Gasteiger partial charge < -0.3 is 9.47 Å². The van der Waals surface area contributed by atoms with Gasteiger partial charge in [-0.05, 0) is 43.9 Å². The van der Waals surface area contributed by atoms with Crippen LogP contribution in [0.4, 0.5) is 0 Å². The number of hydrogen-bond acceptors (Lipinski definition) is 2. The SMILES string of the molecule is CCC(C)(CC)OC1OC(C)C(C(C)(CC)CC)C(C)C1C. The van der Waals surface area contributed by atoms with Gasteiger partial charge in [-0.3, -0.25) is 0 Å². The van der Waals surface area contributed by atoms with Crippen LogP contribution >= 0.6 is 0 Å². The summed E-state index contributed by atoms with van der Waals surface area (Å²) in [6, 6.07) is 0. The van der Waals surface area contributed by atoms with E-state index in [0.717, 1.165) is 12.8 Å². The van der Waals surface area contributed by atoms with Gasteiger partial charge in [-0.1, -0.05) is 61.3 Å². The monoisotopic (exact) mass is 312 g/mol. The third-order valence-corrected chi connectivity index (χ3v) is 7.00.